The molecule has 8 aromatic carbocycles. The molecule has 0 aliphatic carbocycles. The standard InChI is InChI=1S/C56H41N3OSi/c1-2-60-47-28-26-46(27-29-47)59-55-24-13-12-23-52(55)53-37-42(25-32-56(53)59)44-34-43(41-16-14-15-40(33-41)38-57)35-45(36-44)54-31-30-51(39-58-54)61(48-17-6-3-7-18-48,49-19-8-4-9-20-49)50-21-10-5-11-22-50/h3-37,39H,2H2,1H3. The molecule has 0 saturated heterocycles. The van der Waals surface area contributed by atoms with Gasteiger partial charge in [0.05, 0.1) is 35.0 Å². The lowest BCUT2D eigenvalue weighted by Gasteiger charge is -2.34. The van der Waals surface area contributed by atoms with Crippen LogP contribution in [0.5, 0.6) is 5.75 Å². The molecule has 0 fully saturated rings. The zero-order chi connectivity index (χ0) is 41.2. The summed E-state index contributed by atoms with van der Waals surface area (Å²) in [5.74, 6) is 0.861. The molecule has 4 nitrogen and oxygen atoms in total. The SMILES string of the molecule is CCOc1ccc(-n2c3ccccc3c3cc(-c4cc(-c5cccc(C#N)c5)cc(-c5ccc([Si](c6ccccc6)(c6ccccc6)c6ccccc6)cn5)c4)ccc32)cc1. The fraction of sp³-hybridized carbons (Fsp3) is 0.0357. The van der Waals surface area contributed by atoms with E-state index in [2.05, 4.69) is 199 Å². The van der Waals surface area contributed by atoms with Gasteiger partial charge in [0.2, 0.25) is 0 Å². The summed E-state index contributed by atoms with van der Waals surface area (Å²) in [6.45, 7) is 2.63. The molecule has 61 heavy (non-hydrogen) atoms. The highest BCUT2D eigenvalue weighted by Crippen LogP contribution is 2.38. The Morgan fingerprint density at radius 1 is 0.492 bits per heavy atom. The average Bonchev–Trinajstić information content (AvgIpc) is 3.67. The fourth-order valence-corrected chi connectivity index (χ4v) is 13.7. The highest BCUT2D eigenvalue weighted by atomic mass is 28.3. The van der Waals surface area contributed by atoms with Crippen LogP contribution in [0.25, 0.3) is 61.0 Å². The van der Waals surface area contributed by atoms with Gasteiger partial charge in [0.15, 0.2) is 8.07 Å². The molecular formula is C56H41N3OSi. The monoisotopic (exact) mass is 799 g/mol. The summed E-state index contributed by atoms with van der Waals surface area (Å²) in [6, 6.07) is 77.9. The van der Waals surface area contributed by atoms with E-state index in [9.17, 15) is 5.26 Å². The number of benzene rings is 8. The lowest BCUT2D eigenvalue weighted by molar-refractivity contribution is 0.340. The van der Waals surface area contributed by atoms with Gasteiger partial charge in [0, 0.05) is 28.2 Å². The lowest BCUT2D eigenvalue weighted by Crippen LogP contribution is -2.74. The van der Waals surface area contributed by atoms with Gasteiger partial charge in [-0.2, -0.15) is 5.26 Å². The smallest absolute Gasteiger partial charge is 0.181 e. The topological polar surface area (TPSA) is 50.8 Å². The molecule has 10 rings (SSSR count). The summed E-state index contributed by atoms with van der Waals surface area (Å²) in [5, 5.41) is 17.4. The second-order valence-electron chi connectivity index (χ2n) is 15.3. The maximum atomic E-state index is 9.86. The summed E-state index contributed by atoms with van der Waals surface area (Å²) >= 11 is 0. The van der Waals surface area contributed by atoms with Crippen LogP contribution in [0.15, 0.2) is 219 Å². The maximum absolute atomic E-state index is 9.86. The number of aromatic nitrogens is 2. The van der Waals surface area contributed by atoms with Crippen molar-refractivity contribution in [3.05, 3.63) is 224 Å². The fourth-order valence-electron chi connectivity index (χ4n) is 9.02. The Bertz CT molecular complexity index is 3090. The van der Waals surface area contributed by atoms with Crippen LogP contribution in [0.1, 0.15) is 12.5 Å². The predicted molar refractivity (Wildman–Crippen MR) is 254 cm³/mol. The summed E-state index contributed by atoms with van der Waals surface area (Å²) in [4.78, 5) is 5.31. The van der Waals surface area contributed by atoms with Crippen LogP contribution in [0.4, 0.5) is 0 Å². The first kappa shape index (κ1) is 37.5. The van der Waals surface area contributed by atoms with Gasteiger partial charge in [-0.1, -0.05) is 133 Å². The third-order valence-electron chi connectivity index (χ3n) is 11.8. The first-order valence-corrected chi connectivity index (χ1v) is 22.7. The normalized spacial score (nSPS) is 11.4. The zero-order valence-corrected chi connectivity index (χ0v) is 34.7. The van der Waals surface area contributed by atoms with Crippen molar-refractivity contribution < 1.29 is 4.74 Å². The van der Waals surface area contributed by atoms with Crippen LogP contribution in [0.3, 0.4) is 0 Å². The van der Waals surface area contributed by atoms with Crippen LogP contribution >= 0.6 is 0 Å². The third-order valence-corrected chi connectivity index (χ3v) is 16.5. The molecule has 290 valence electrons. The van der Waals surface area contributed by atoms with Crippen molar-refractivity contribution in [3.8, 4) is 51.0 Å². The molecule has 0 radical (unpaired) electrons. The number of para-hydroxylation sites is 1. The molecule has 0 atom stereocenters. The van der Waals surface area contributed by atoms with E-state index in [0.717, 1.165) is 56.0 Å². The van der Waals surface area contributed by atoms with Crippen molar-refractivity contribution in [2.24, 2.45) is 0 Å². The number of pyridine rings is 1. The Labute approximate surface area is 357 Å². The van der Waals surface area contributed by atoms with Crippen LogP contribution in [-0.4, -0.2) is 24.2 Å². The molecular weight excluding hydrogens is 759 g/mol. The molecule has 0 spiro atoms. The second kappa shape index (κ2) is 16.1. The van der Waals surface area contributed by atoms with Gasteiger partial charge >= 0.3 is 0 Å². The number of fused-ring (bicyclic) bond motifs is 3. The second-order valence-corrected chi connectivity index (χ2v) is 19.1. The van der Waals surface area contributed by atoms with E-state index in [1.54, 1.807) is 0 Å². The Kier molecular flexibility index (Phi) is 9.90. The van der Waals surface area contributed by atoms with E-state index in [-0.39, 0.29) is 0 Å². The summed E-state index contributed by atoms with van der Waals surface area (Å²) in [5.41, 5.74) is 10.0. The Balaban J connectivity index is 1.13. The van der Waals surface area contributed by atoms with E-state index in [1.165, 1.54) is 31.5 Å². The molecule has 0 N–H and O–H groups in total. The minimum absolute atomic E-state index is 0.625. The highest BCUT2D eigenvalue weighted by molar-refractivity contribution is 7.19. The van der Waals surface area contributed by atoms with Crippen molar-refractivity contribution in [2.75, 3.05) is 6.61 Å². The number of hydrogen-bond acceptors (Lipinski definition) is 3. The number of ether oxygens (including phenoxy) is 1. The zero-order valence-electron chi connectivity index (χ0n) is 33.7. The number of hydrogen-bond donors (Lipinski definition) is 0. The van der Waals surface area contributed by atoms with Gasteiger partial charge < -0.3 is 9.30 Å². The minimum atomic E-state index is -2.74. The van der Waals surface area contributed by atoms with Crippen LogP contribution < -0.4 is 25.5 Å². The highest BCUT2D eigenvalue weighted by Gasteiger charge is 2.41. The van der Waals surface area contributed by atoms with Gasteiger partial charge in [0.1, 0.15) is 5.75 Å². The number of nitriles is 1. The van der Waals surface area contributed by atoms with Crippen molar-refractivity contribution >= 4 is 50.6 Å². The maximum Gasteiger partial charge on any atom is 0.181 e. The van der Waals surface area contributed by atoms with E-state index in [4.69, 9.17) is 9.72 Å². The van der Waals surface area contributed by atoms with Gasteiger partial charge in [-0.25, -0.2) is 0 Å². The third kappa shape index (κ3) is 6.79. The molecule has 10 aromatic rings. The summed E-state index contributed by atoms with van der Waals surface area (Å²) in [6.07, 6.45) is 2.11. The largest absolute Gasteiger partial charge is 0.494 e. The first-order valence-electron chi connectivity index (χ1n) is 20.7. The van der Waals surface area contributed by atoms with E-state index < -0.39 is 8.07 Å². The van der Waals surface area contributed by atoms with E-state index in [0.29, 0.717) is 12.2 Å². The molecule has 0 unspecified atom stereocenters. The molecule has 0 aliphatic rings. The Morgan fingerprint density at radius 2 is 1.08 bits per heavy atom. The van der Waals surface area contributed by atoms with E-state index in [1.807, 2.05) is 37.3 Å². The molecule has 0 bridgehead atoms. The van der Waals surface area contributed by atoms with Crippen molar-refractivity contribution in [1.82, 2.24) is 9.55 Å². The molecule has 0 saturated carbocycles. The van der Waals surface area contributed by atoms with Crippen molar-refractivity contribution in [2.45, 2.75) is 6.92 Å². The molecule has 0 aliphatic heterocycles. The van der Waals surface area contributed by atoms with E-state index >= 15 is 0 Å². The Hall–Kier alpha value is -7.78. The van der Waals surface area contributed by atoms with Gasteiger partial charge in [-0.05, 0) is 129 Å². The van der Waals surface area contributed by atoms with Crippen molar-refractivity contribution in [3.63, 3.8) is 0 Å². The van der Waals surface area contributed by atoms with Gasteiger partial charge in [-0.3, -0.25) is 4.98 Å². The molecule has 2 heterocycles. The minimum Gasteiger partial charge on any atom is -0.494 e. The predicted octanol–water partition coefficient (Wildman–Crippen LogP) is 10.8. The van der Waals surface area contributed by atoms with Crippen molar-refractivity contribution in [1.29, 1.82) is 5.26 Å². The van der Waals surface area contributed by atoms with Crippen LogP contribution in [0.2, 0.25) is 0 Å². The molecule has 5 heteroatoms. The first-order chi connectivity index (χ1) is 30.1. The summed E-state index contributed by atoms with van der Waals surface area (Å²) in [7, 11) is -2.74. The van der Waals surface area contributed by atoms with Gasteiger partial charge in [-0.15, -0.1) is 0 Å². The lowest BCUT2D eigenvalue weighted by atomic mass is 9.93. The quantitative estimate of drug-likeness (QED) is 0.102. The van der Waals surface area contributed by atoms with Crippen LogP contribution in [-0.2, 0) is 0 Å². The molecule has 0 amide bonds. The van der Waals surface area contributed by atoms with Gasteiger partial charge in [0.25, 0.3) is 0 Å². The summed E-state index contributed by atoms with van der Waals surface area (Å²) < 4.78 is 8.09. The number of nitrogens with zero attached hydrogens (tertiary/aromatic N) is 3. The molecule has 2 aromatic heterocycles. The average molecular weight is 800 g/mol. The number of rotatable bonds is 10. The Morgan fingerprint density at radius 3 is 1.69 bits per heavy atom. The van der Waals surface area contributed by atoms with Crippen LogP contribution in [0, 0.1) is 11.3 Å².